The van der Waals surface area contributed by atoms with Gasteiger partial charge in [-0.25, -0.2) is 4.79 Å². The lowest BCUT2D eigenvalue weighted by Crippen LogP contribution is -2.49. The standard InChI is InChI=1S/C17H34N2O5/c1-8-23-12-14(13(2)3)18-15(20)11-19(9-10-22-7)16(21)24-17(4,5)6/h13-14H,8-12H2,1-7H3,(H,18,20)/t14-/m1/s1. The van der Waals surface area contributed by atoms with E-state index in [2.05, 4.69) is 5.32 Å². The van der Waals surface area contributed by atoms with Crippen LogP contribution in [0.4, 0.5) is 4.79 Å². The van der Waals surface area contributed by atoms with Crippen molar-refractivity contribution in [1.82, 2.24) is 10.2 Å². The highest BCUT2D eigenvalue weighted by Crippen LogP contribution is 2.10. The summed E-state index contributed by atoms with van der Waals surface area (Å²) in [5.74, 6) is -0.00943. The molecule has 0 saturated carbocycles. The molecule has 7 nitrogen and oxygen atoms in total. The second kappa shape index (κ2) is 11.3. The first-order chi connectivity index (χ1) is 11.1. The van der Waals surface area contributed by atoms with Crippen LogP contribution in [0.15, 0.2) is 0 Å². The summed E-state index contributed by atoms with van der Waals surface area (Å²) in [5.41, 5.74) is -0.617. The van der Waals surface area contributed by atoms with Crippen LogP contribution in [0.2, 0.25) is 0 Å². The predicted octanol–water partition coefficient (Wildman–Crippen LogP) is 2.05. The molecule has 0 aromatic carbocycles. The summed E-state index contributed by atoms with van der Waals surface area (Å²) in [6.45, 7) is 12.9. The largest absolute Gasteiger partial charge is 0.444 e. The van der Waals surface area contributed by atoms with E-state index >= 15 is 0 Å². The Morgan fingerprint density at radius 2 is 1.83 bits per heavy atom. The molecular weight excluding hydrogens is 312 g/mol. The molecule has 0 aliphatic rings. The van der Waals surface area contributed by atoms with E-state index in [1.807, 2.05) is 20.8 Å². The van der Waals surface area contributed by atoms with Gasteiger partial charge in [0.25, 0.3) is 0 Å². The van der Waals surface area contributed by atoms with Gasteiger partial charge in [-0.05, 0) is 33.6 Å². The Hall–Kier alpha value is -1.34. The molecule has 1 N–H and O–H groups in total. The van der Waals surface area contributed by atoms with Crippen LogP contribution in [-0.4, -0.2) is 68.6 Å². The minimum Gasteiger partial charge on any atom is -0.444 e. The highest BCUT2D eigenvalue weighted by Gasteiger charge is 2.25. The third-order valence-electron chi connectivity index (χ3n) is 3.20. The number of hydrogen-bond acceptors (Lipinski definition) is 5. The summed E-state index contributed by atoms with van der Waals surface area (Å²) in [6.07, 6.45) is -0.527. The molecule has 0 aromatic rings. The molecule has 0 saturated heterocycles. The molecule has 1 atom stereocenters. The molecular formula is C17H34N2O5. The van der Waals surface area contributed by atoms with Gasteiger partial charge in [-0.1, -0.05) is 13.8 Å². The van der Waals surface area contributed by atoms with E-state index < -0.39 is 11.7 Å². The van der Waals surface area contributed by atoms with Crippen molar-refractivity contribution in [3.05, 3.63) is 0 Å². The molecule has 24 heavy (non-hydrogen) atoms. The topological polar surface area (TPSA) is 77.1 Å². The smallest absolute Gasteiger partial charge is 0.410 e. The highest BCUT2D eigenvalue weighted by molar-refractivity contribution is 5.82. The van der Waals surface area contributed by atoms with Gasteiger partial charge in [-0.2, -0.15) is 0 Å². The normalized spacial score (nSPS) is 12.8. The molecule has 0 fully saturated rings. The minimum atomic E-state index is -0.617. The summed E-state index contributed by atoms with van der Waals surface area (Å²) in [5, 5.41) is 2.92. The van der Waals surface area contributed by atoms with Gasteiger partial charge in [0.2, 0.25) is 5.91 Å². The average molecular weight is 346 g/mol. The molecule has 0 aliphatic heterocycles. The SMILES string of the molecule is CCOC[C@@H](NC(=O)CN(CCOC)C(=O)OC(C)(C)C)C(C)C. The van der Waals surface area contributed by atoms with Gasteiger partial charge >= 0.3 is 6.09 Å². The van der Waals surface area contributed by atoms with Gasteiger partial charge in [0.1, 0.15) is 12.1 Å². The zero-order valence-electron chi connectivity index (χ0n) is 16.2. The summed E-state index contributed by atoms with van der Waals surface area (Å²) in [6, 6.07) is -0.0969. The van der Waals surface area contributed by atoms with Gasteiger partial charge < -0.3 is 19.5 Å². The molecule has 0 unspecified atom stereocenters. The number of nitrogens with zero attached hydrogens (tertiary/aromatic N) is 1. The van der Waals surface area contributed by atoms with Crippen LogP contribution in [-0.2, 0) is 19.0 Å². The fourth-order valence-corrected chi connectivity index (χ4v) is 1.83. The molecule has 0 bridgehead atoms. The van der Waals surface area contributed by atoms with Crippen molar-refractivity contribution in [3.63, 3.8) is 0 Å². The fourth-order valence-electron chi connectivity index (χ4n) is 1.83. The van der Waals surface area contributed by atoms with Gasteiger partial charge in [0.15, 0.2) is 0 Å². The summed E-state index contributed by atoms with van der Waals surface area (Å²) in [7, 11) is 1.55. The van der Waals surface area contributed by atoms with E-state index in [1.165, 1.54) is 4.90 Å². The number of nitrogens with one attached hydrogen (secondary N) is 1. The second-order valence-electron chi connectivity index (χ2n) is 6.97. The molecule has 142 valence electrons. The second-order valence-corrected chi connectivity index (χ2v) is 6.97. The number of rotatable bonds is 10. The van der Waals surface area contributed by atoms with Crippen molar-refractivity contribution >= 4 is 12.0 Å². The van der Waals surface area contributed by atoms with Crippen molar-refractivity contribution < 1.29 is 23.8 Å². The number of hydrogen-bond donors (Lipinski definition) is 1. The molecule has 0 rings (SSSR count). The molecule has 7 heteroatoms. The van der Waals surface area contributed by atoms with Crippen molar-refractivity contribution in [2.75, 3.05) is 40.0 Å². The van der Waals surface area contributed by atoms with Crippen LogP contribution < -0.4 is 5.32 Å². The Kier molecular flexibility index (Phi) is 10.6. The van der Waals surface area contributed by atoms with E-state index in [0.29, 0.717) is 19.8 Å². The third kappa shape index (κ3) is 10.4. The van der Waals surface area contributed by atoms with Crippen LogP contribution in [0.1, 0.15) is 41.5 Å². The summed E-state index contributed by atoms with van der Waals surface area (Å²) in [4.78, 5) is 25.9. The van der Waals surface area contributed by atoms with E-state index in [0.717, 1.165) is 0 Å². The number of amides is 2. The Morgan fingerprint density at radius 3 is 2.29 bits per heavy atom. The van der Waals surface area contributed by atoms with E-state index in [-0.39, 0.29) is 31.0 Å². The highest BCUT2D eigenvalue weighted by atomic mass is 16.6. The Morgan fingerprint density at radius 1 is 1.21 bits per heavy atom. The average Bonchev–Trinajstić information content (AvgIpc) is 2.45. The number of methoxy groups -OCH3 is 1. The maximum atomic E-state index is 12.3. The molecule has 0 heterocycles. The van der Waals surface area contributed by atoms with Crippen LogP contribution in [0.25, 0.3) is 0 Å². The Bertz CT molecular complexity index is 380. The first kappa shape index (κ1) is 22.7. The van der Waals surface area contributed by atoms with E-state index in [1.54, 1.807) is 27.9 Å². The minimum absolute atomic E-state index is 0.0758. The van der Waals surface area contributed by atoms with Gasteiger partial charge in [0, 0.05) is 20.3 Å². The molecule has 0 aromatic heterocycles. The Balaban J connectivity index is 4.75. The lowest BCUT2D eigenvalue weighted by molar-refractivity contribution is -0.124. The predicted molar refractivity (Wildman–Crippen MR) is 92.9 cm³/mol. The zero-order chi connectivity index (χ0) is 18.8. The van der Waals surface area contributed by atoms with E-state index in [9.17, 15) is 9.59 Å². The fraction of sp³-hybridized carbons (Fsp3) is 0.882. The van der Waals surface area contributed by atoms with Gasteiger partial charge in [-0.15, -0.1) is 0 Å². The van der Waals surface area contributed by atoms with Crippen LogP contribution in [0.3, 0.4) is 0 Å². The maximum absolute atomic E-state index is 12.3. The maximum Gasteiger partial charge on any atom is 0.410 e. The zero-order valence-corrected chi connectivity index (χ0v) is 16.2. The van der Waals surface area contributed by atoms with Gasteiger partial charge in [0.05, 0.1) is 19.3 Å². The van der Waals surface area contributed by atoms with Crippen molar-refractivity contribution in [1.29, 1.82) is 0 Å². The monoisotopic (exact) mass is 346 g/mol. The molecule has 0 aliphatic carbocycles. The summed E-state index contributed by atoms with van der Waals surface area (Å²) < 4.78 is 15.7. The lowest BCUT2D eigenvalue weighted by atomic mass is 10.1. The van der Waals surface area contributed by atoms with Crippen molar-refractivity contribution in [2.24, 2.45) is 5.92 Å². The Labute approximate surface area is 146 Å². The summed E-state index contributed by atoms with van der Waals surface area (Å²) >= 11 is 0. The van der Waals surface area contributed by atoms with E-state index in [4.69, 9.17) is 14.2 Å². The van der Waals surface area contributed by atoms with Crippen molar-refractivity contribution in [2.45, 2.75) is 53.2 Å². The molecule has 0 radical (unpaired) electrons. The van der Waals surface area contributed by atoms with Crippen LogP contribution in [0.5, 0.6) is 0 Å². The van der Waals surface area contributed by atoms with Crippen LogP contribution >= 0.6 is 0 Å². The molecule has 2 amide bonds. The quantitative estimate of drug-likeness (QED) is 0.655. The first-order valence-electron chi connectivity index (χ1n) is 8.44. The number of carbonyl (C=O) groups excluding carboxylic acids is 2. The number of carbonyl (C=O) groups is 2. The third-order valence-corrected chi connectivity index (χ3v) is 3.20. The first-order valence-corrected chi connectivity index (χ1v) is 8.44. The molecule has 0 spiro atoms. The van der Waals surface area contributed by atoms with Crippen LogP contribution in [0, 0.1) is 5.92 Å². The number of ether oxygens (including phenoxy) is 3. The van der Waals surface area contributed by atoms with Crippen molar-refractivity contribution in [3.8, 4) is 0 Å². The van der Waals surface area contributed by atoms with Gasteiger partial charge in [-0.3, -0.25) is 9.69 Å². The lowest BCUT2D eigenvalue weighted by Gasteiger charge is -2.28.